The molecule has 0 unspecified atom stereocenters. The lowest BCUT2D eigenvalue weighted by Gasteiger charge is -2.13. The number of hydrogen-bond donors (Lipinski definition) is 0. The fraction of sp³-hybridized carbons (Fsp3) is 0. The zero-order valence-corrected chi connectivity index (χ0v) is 17.3. The van der Waals surface area contributed by atoms with E-state index in [9.17, 15) is 10.5 Å². The van der Waals surface area contributed by atoms with Crippen molar-refractivity contribution in [3.05, 3.63) is 90.0 Å². The summed E-state index contributed by atoms with van der Waals surface area (Å²) in [4.78, 5) is 0. The van der Waals surface area contributed by atoms with Crippen LogP contribution in [-0.2, 0) is 0 Å². The number of hydrogen-bond acceptors (Lipinski definition) is 2. The Hall–Kier alpha value is -4.86. The minimum Gasteiger partial charge on any atom is -0.308 e. The maximum atomic E-state index is 9.59. The molecule has 0 amide bonds. The molecular weight excluding hydrogens is 402 g/mol. The average Bonchev–Trinajstić information content (AvgIpc) is 3.38. The summed E-state index contributed by atoms with van der Waals surface area (Å²) < 4.78 is 2.26. The largest absolute Gasteiger partial charge is 0.308 e. The average molecular weight is 415 g/mol. The summed E-state index contributed by atoms with van der Waals surface area (Å²) >= 11 is 0. The minimum atomic E-state index is 0.634. The van der Waals surface area contributed by atoms with Crippen molar-refractivity contribution < 1.29 is 0 Å². The summed E-state index contributed by atoms with van der Waals surface area (Å²) in [5.74, 6) is 0. The second-order valence-corrected chi connectivity index (χ2v) is 8.80. The third-order valence-electron chi connectivity index (χ3n) is 7.29. The summed E-state index contributed by atoms with van der Waals surface area (Å²) in [7, 11) is 0. The van der Waals surface area contributed by atoms with Gasteiger partial charge in [-0.3, -0.25) is 0 Å². The van der Waals surface area contributed by atoms with Gasteiger partial charge in [-0.15, -0.1) is 0 Å². The van der Waals surface area contributed by atoms with Crippen LogP contribution in [0.1, 0.15) is 11.1 Å². The number of nitrogens with zero attached hydrogens (tertiary/aromatic N) is 3. The molecule has 0 aliphatic heterocycles. The van der Waals surface area contributed by atoms with Crippen molar-refractivity contribution in [2.75, 3.05) is 0 Å². The highest BCUT2D eigenvalue weighted by Gasteiger charge is 2.23. The van der Waals surface area contributed by atoms with Gasteiger partial charge in [-0.05, 0) is 56.6 Å². The van der Waals surface area contributed by atoms with Crippen LogP contribution in [0, 0.1) is 22.7 Å². The van der Waals surface area contributed by atoms with Crippen molar-refractivity contribution in [2.24, 2.45) is 0 Å². The van der Waals surface area contributed by atoms with E-state index in [1.807, 2.05) is 24.3 Å². The van der Waals surface area contributed by atoms with Gasteiger partial charge in [0.05, 0.1) is 39.8 Å². The molecule has 2 heterocycles. The molecule has 0 radical (unpaired) electrons. The first-order valence-corrected chi connectivity index (χ1v) is 10.9. The molecule has 0 aliphatic rings. The normalized spacial score (nSPS) is 12.2. The Balaban J connectivity index is 1.83. The molecule has 8 rings (SSSR count). The molecule has 3 heteroatoms. The van der Waals surface area contributed by atoms with Crippen molar-refractivity contribution in [1.29, 1.82) is 10.5 Å². The zero-order chi connectivity index (χ0) is 21.8. The van der Waals surface area contributed by atoms with Gasteiger partial charge < -0.3 is 4.40 Å². The number of aromatic nitrogens is 1. The van der Waals surface area contributed by atoms with Crippen LogP contribution in [0.4, 0.5) is 0 Å². The summed E-state index contributed by atoms with van der Waals surface area (Å²) in [6, 6.07) is 31.9. The van der Waals surface area contributed by atoms with E-state index in [2.05, 4.69) is 71.1 Å². The predicted octanol–water partition coefficient (Wildman–Crippen LogP) is 7.48. The van der Waals surface area contributed by atoms with Gasteiger partial charge in [0.2, 0.25) is 0 Å². The lowest BCUT2D eigenvalue weighted by atomic mass is 9.89. The Morgan fingerprint density at radius 3 is 1.55 bits per heavy atom. The van der Waals surface area contributed by atoms with Gasteiger partial charge in [0, 0.05) is 21.5 Å². The molecule has 0 bridgehead atoms. The monoisotopic (exact) mass is 415 g/mol. The molecule has 6 aromatic carbocycles. The van der Waals surface area contributed by atoms with Crippen molar-refractivity contribution in [1.82, 2.24) is 4.40 Å². The fourth-order valence-electron chi connectivity index (χ4n) is 6.01. The van der Waals surface area contributed by atoms with Crippen LogP contribution in [0.15, 0.2) is 78.9 Å². The highest BCUT2D eigenvalue weighted by Crippen LogP contribution is 2.48. The molecule has 0 saturated heterocycles. The van der Waals surface area contributed by atoms with Crippen LogP contribution in [-0.4, -0.2) is 4.40 Å². The molecular formula is C30H13N3. The van der Waals surface area contributed by atoms with Crippen LogP contribution >= 0.6 is 0 Å². The van der Waals surface area contributed by atoms with Gasteiger partial charge >= 0.3 is 0 Å². The fourth-order valence-corrected chi connectivity index (χ4v) is 6.01. The Morgan fingerprint density at radius 2 is 1.03 bits per heavy atom. The maximum absolute atomic E-state index is 9.59. The van der Waals surface area contributed by atoms with Gasteiger partial charge in [0.1, 0.15) is 0 Å². The maximum Gasteiger partial charge on any atom is 0.0992 e. The van der Waals surface area contributed by atoms with E-state index in [-0.39, 0.29) is 0 Å². The molecule has 0 atom stereocenters. The van der Waals surface area contributed by atoms with Gasteiger partial charge in [0.15, 0.2) is 0 Å². The molecule has 2 aromatic heterocycles. The Morgan fingerprint density at radius 1 is 0.515 bits per heavy atom. The first-order valence-electron chi connectivity index (χ1n) is 10.9. The first kappa shape index (κ1) is 16.8. The molecule has 0 aliphatic carbocycles. The standard InChI is InChI=1S/C30H13N3/c31-14-16-4-8-20-24(12-16)33-25-13-17(15-32)5-9-21(25)29-23-11-7-19-3-1-2-18-6-10-22(27(23)26(18)19)28(20)30(29)33/h1-13H. The van der Waals surface area contributed by atoms with E-state index < -0.39 is 0 Å². The molecule has 0 N–H and O–H groups in total. The highest BCUT2D eigenvalue weighted by atomic mass is 14.9. The third-order valence-corrected chi connectivity index (χ3v) is 7.29. The molecule has 33 heavy (non-hydrogen) atoms. The quantitative estimate of drug-likeness (QED) is 0.241. The zero-order valence-electron chi connectivity index (χ0n) is 17.3. The van der Waals surface area contributed by atoms with Crippen LogP contribution in [0.2, 0.25) is 0 Å². The van der Waals surface area contributed by atoms with E-state index >= 15 is 0 Å². The highest BCUT2D eigenvalue weighted by molar-refractivity contribution is 6.42. The summed E-state index contributed by atoms with van der Waals surface area (Å²) in [6.45, 7) is 0. The number of nitriles is 2. The van der Waals surface area contributed by atoms with E-state index in [1.165, 1.54) is 43.1 Å². The lowest BCUT2D eigenvalue weighted by Crippen LogP contribution is -1.85. The summed E-state index contributed by atoms with van der Waals surface area (Å²) in [5, 5.41) is 31.4. The van der Waals surface area contributed by atoms with Crippen LogP contribution < -0.4 is 0 Å². The number of fused-ring (bicyclic) bond motifs is 8. The molecule has 0 fully saturated rings. The molecule has 3 nitrogen and oxygen atoms in total. The van der Waals surface area contributed by atoms with E-state index in [4.69, 9.17) is 0 Å². The van der Waals surface area contributed by atoms with Crippen molar-refractivity contribution >= 4 is 70.4 Å². The molecule has 0 saturated carbocycles. The van der Waals surface area contributed by atoms with Crippen molar-refractivity contribution in [2.45, 2.75) is 0 Å². The Labute approximate surface area is 187 Å². The smallest absolute Gasteiger partial charge is 0.0992 e. The number of rotatable bonds is 0. The van der Waals surface area contributed by atoms with Crippen LogP contribution in [0.25, 0.3) is 70.4 Å². The van der Waals surface area contributed by atoms with E-state index in [0.29, 0.717) is 11.1 Å². The summed E-state index contributed by atoms with van der Waals surface area (Å²) in [5.41, 5.74) is 4.45. The SMILES string of the molecule is N#Cc1ccc2c3c4ccc5cccc6ccc(c4c56)c4c5ccc(C#N)cc5n(c2c1)c34. The van der Waals surface area contributed by atoms with Gasteiger partial charge in [-0.25, -0.2) is 0 Å². The summed E-state index contributed by atoms with van der Waals surface area (Å²) in [6.07, 6.45) is 0. The van der Waals surface area contributed by atoms with E-state index in [0.717, 1.165) is 27.3 Å². The molecule has 0 spiro atoms. The number of benzene rings is 6. The Bertz CT molecular complexity index is 2050. The topological polar surface area (TPSA) is 52.0 Å². The van der Waals surface area contributed by atoms with Crippen molar-refractivity contribution in [3.63, 3.8) is 0 Å². The van der Waals surface area contributed by atoms with E-state index in [1.54, 1.807) is 0 Å². The lowest BCUT2D eigenvalue weighted by molar-refractivity contribution is 1.36. The third kappa shape index (κ3) is 1.82. The first-order chi connectivity index (χ1) is 16.3. The van der Waals surface area contributed by atoms with Crippen molar-refractivity contribution in [3.8, 4) is 12.1 Å². The predicted molar refractivity (Wildman–Crippen MR) is 134 cm³/mol. The second kappa shape index (κ2) is 5.49. The van der Waals surface area contributed by atoms with Crippen LogP contribution in [0.5, 0.6) is 0 Å². The second-order valence-electron chi connectivity index (χ2n) is 8.80. The molecule has 148 valence electrons. The van der Waals surface area contributed by atoms with Gasteiger partial charge in [-0.1, -0.05) is 54.6 Å². The minimum absolute atomic E-state index is 0.634. The van der Waals surface area contributed by atoms with Gasteiger partial charge in [-0.2, -0.15) is 10.5 Å². The Kier molecular flexibility index (Phi) is 2.79. The van der Waals surface area contributed by atoms with Crippen LogP contribution in [0.3, 0.4) is 0 Å². The van der Waals surface area contributed by atoms with Gasteiger partial charge in [0.25, 0.3) is 0 Å². The molecule has 8 aromatic rings.